The third kappa shape index (κ3) is 7.90. The molecule has 2 heterocycles. The number of hydrogen-bond donors (Lipinski definition) is 1. The van der Waals surface area contributed by atoms with Gasteiger partial charge in [0.25, 0.3) is 5.69 Å². The molecule has 12 heteroatoms. The molecule has 2 amide bonds. The maximum atomic E-state index is 13.6. The molecule has 1 unspecified atom stereocenters. The molecule has 0 bridgehead atoms. The van der Waals surface area contributed by atoms with Crippen LogP contribution in [0.4, 0.5) is 10.5 Å². The Hall–Kier alpha value is -3.18. The number of halogens is 1. The number of nitro groups is 1. The molecule has 37 heavy (non-hydrogen) atoms. The molecule has 10 nitrogen and oxygen atoms in total. The largest absolute Gasteiger partial charge is 0.466 e. The summed E-state index contributed by atoms with van der Waals surface area (Å²) in [6.07, 6.45) is 0.0667. The first-order valence-electron chi connectivity index (χ1n) is 11.8. The Morgan fingerprint density at radius 2 is 2.00 bits per heavy atom. The molecular formula is C25H30ClN3O7S. The average Bonchev–Trinajstić information content (AvgIpc) is 3.19. The molecule has 1 N–H and O–H groups in total. The van der Waals surface area contributed by atoms with Crippen LogP contribution in [-0.2, 0) is 44.9 Å². The van der Waals surface area contributed by atoms with E-state index in [9.17, 15) is 24.5 Å². The normalized spacial score (nSPS) is 13.9. The van der Waals surface area contributed by atoms with Crippen molar-refractivity contribution in [2.45, 2.75) is 65.1 Å². The first-order valence-corrected chi connectivity index (χ1v) is 13.0. The molecule has 1 atom stereocenters. The summed E-state index contributed by atoms with van der Waals surface area (Å²) < 4.78 is 10.4. The Morgan fingerprint density at radius 1 is 1.27 bits per heavy atom. The Bertz CT molecular complexity index is 1190. The van der Waals surface area contributed by atoms with Gasteiger partial charge in [-0.3, -0.25) is 19.7 Å². The second kappa shape index (κ2) is 11.9. The van der Waals surface area contributed by atoms with Crippen molar-refractivity contribution in [3.05, 3.63) is 60.3 Å². The summed E-state index contributed by atoms with van der Waals surface area (Å²) in [7, 11) is 0. The van der Waals surface area contributed by atoms with Crippen LogP contribution in [0.15, 0.2) is 24.3 Å². The molecule has 1 aliphatic heterocycles. The number of nitrogens with zero attached hydrogens (tertiary/aromatic N) is 2. The summed E-state index contributed by atoms with van der Waals surface area (Å²) >= 11 is 7.81. The van der Waals surface area contributed by atoms with Crippen LogP contribution in [-0.4, -0.2) is 52.6 Å². The first kappa shape index (κ1) is 28.4. The van der Waals surface area contributed by atoms with E-state index in [0.29, 0.717) is 31.7 Å². The van der Waals surface area contributed by atoms with E-state index in [2.05, 4.69) is 5.32 Å². The molecule has 200 valence electrons. The number of benzene rings is 1. The van der Waals surface area contributed by atoms with Crippen LogP contribution in [0.3, 0.4) is 0 Å². The van der Waals surface area contributed by atoms with Gasteiger partial charge in [-0.25, -0.2) is 4.79 Å². The molecule has 2 aromatic rings. The average molecular weight is 552 g/mol. The molecular weight excluding hydrogens is 522 g/mol. The van der Waals surface area contributed by atoms with Gasteiger partial charge in [-0.1, -0.05) is 17.7 Å². The van der Waals surface area contributed by atoms with E-state index in [4.69, 9.17) is 21.1 Å². The Morgan fingerprint density at radius 3 is 2.62 bits per heavy atom. The number of esters is 1. The molecule has 0 saturated heterocycles. The van der Waals surface area contributed by atoms with E-state index < -0.39 is 22.7 Å². The van der Waals surface area contributed by atoms with E-state index in [1.54, 1.807) is 32.6 Å². The summed E-state index contributed by atoms with van der Waals surface area (Å²) in [6.45, 7) is 7.98. The van der Waals surface area contributed by atoms with Gasteiger partial charge in [0.2, 0.25) is 5.91 Å². The number of thiophene rings is 1. The van der Waals surface area contributed by atoms with Crippen LogP contribution in [0, 0.1) is 10.1 Å². The van der Waals surface area contributed by atoms with Gasteiger partial charge in [-0.15, -0.1) is 11.3 Å². The second-order valence-electron chi connectivity index (χ2n) is 9.59. The summed E-state index contributed by atoms with van der Waals surface area (Å²) in [5.74, 6) is -0.625. The number of amides is 2. The van der Waals surface area contributed by atoms with E-state index in [1.165, 1.54) is 29.5 Å². The summed E-state index contributed by atoms with van der Waals surface area (Å²) in [5, 5.41) is 13.8. The fourth-order valence-corrected chi connectivity index (χ4v) is 5.34. The van der Waals surface area contributed by atoms with Gasteiger partial charge in [0.05, 0.1) is 23.0 Å². The minimum Gasteiger partial charge on any atom is -0.466 e. The quantitative estimate of drug-likeness (QED) is 0.292. The van der Waals surface area contributed by atoms with Gasteiger partial charge in [0.15, 0.2) is 0 Å². The van der Waals surface area contributed by atoms with Crippen molar-refractivity contribution in [3.8, 4) is 0 Å². The SMILES string of the molecule is CCOC(=O)Cc1cc2c(s1)CCN(C(=O)C(Cc1ccc([N+](=O)[O-])cc1Cl)NC(=O)OC(C)(C)C)C2. The maximum Gasteiger partial charge on any atom is 0.408 e. The number of rotatable bonds is 8. The number of ether oxygens (including phenoxy) is 2. The number of nitrogens with one attached hydrogen (secondary N) is 1. The van der Waals surface area contributed by atoms with Crippen molar-refractivity contribution in [2.24, 2.45) is 0 Å². The number of carbonyl (C=O) groups is 3. The zero-order chi connectivity index (χ0) is 27.3. The van der Waals surface area contributed by atoms with Crippen LogP contribution in [0.25, 0.3) is 0 Å². The lowest BCUT2D eigenvalue weighted by molar-refractivity contribution is -0.384. The molecule has 3 rings (SSSR count). The molecule has 0 fully saturated rings. The van der Waals surface area contributed by atoms with Crippen LogP contribution in [0.1, 0.15) is 48.6 Å². The standard InChI is InChI=1S/C25H30ClN3O7S/c1-5-35-22(30)13-18-10-16-14-28(9-8-21(16)37-18)23(31)20(27-24(32)36-25(2,3)4)11-15-6-7-17(29(33)34)12-19(15)26/h6-7,10,12,20H,5,8-9,11,13-14H2,1-4H3,(H,27,32). The monoisotopic (exact) mass is 551 g/mol. The Labute approximate surface area is 224 Å². The third-order valence-electron chi connectivity index (χ3n) is 5.51. The van der Waals surface area contributed by atoms with Gasteiger partial charge >= 0.3 is 12.1 Å². The second-order valence-corrected chi connectivity index (χ2v) is 11.2. The van der Waals surface area contributed by atoms with Crippen molar-refractivity contribution >= 4 is 46.6 Å². The van der Waals surface area contributed by atoms with E-state index >= 15 is 0 Å². The number of nitro benzene ring substituents is 1. The highest BCUT2D eigenvalue weighted by Gasteiger charge is 2.32. The zero-order valence-electron chi connectivity index (χ0n) is 21.2. The number of carbonyl (C=O) groups excluding carboxylic acids is 3. The zero-order valence-corrected chi connectivity index (χ0v) is 22.7. The van der Waals surface area contributed by atoms with Crippen LogP contribution >= 0.6 is 22.9 Å². The summed E-state index contributed by atoms with van der Waals surface area (Å²) in [4.78, 5) is 52.2. The Kier molecular flexibility index (Phi) is 9.14. The van der Waals surface area contributed by atoms with Crippen molar-refractivity contribution in [1.82, 2.24) is 10.2 Å². The molecule has 0 radical (unpaired) electrons. The van der Waals surface area contributed by atoms with Crippen molar-refractivity contribution in [1.29, 1.82) is 0 Å². The van der Waals surface area contributed by atoms with Gasteiger partial charge in [0, 0.05) is 41.4 Å². The highest BCUT2D eigenvalue weighted by molar-refractivity contribution is 7.12. The lowest BCUT2D eigenvalue weighted by atomic mass is 10.0. The maximum absolute atomic E-state index is 13.6. The van der Waals surface area contributed by atoms with Crippen LogP contribution in [0.2, 0.25) is 5.02 Å². The predicted molar refractivity (Wildman–Crippen MR) is 139 cm³/mol. The topological polar surface area (TPSA) is 128 Å². The van der Waals surface area contributed by atoms with Crippen molar-refractivity contribution < 1.29 is 28.8 Å². The number of non-ortho nitro benzene ring substituents is 1. The lowest BCUT2D eigenvalue weighted by Gasteiger charge is -2.31. The van der Waals surface area contributed by atoms with E-state index in [-0.39, 0.29) is 35.4 Å². The molecule has 1 aromatic carbocycles. The van der Waals surface area contributed by atoms with E-state index in [0.717, 1.165) is 15.3 Å². The Balaban J connectivity index is 1.79. The van der Waals surface area contributed by atoms with Crippen LogP contribution in [0.5, 0.6) is 0 Å². The molecule has 0 saturated carbocycles. The minimum atomic E-state index is -1.01. The summed E-state index contributed by atoms with van der Waals surface area (Å²) in [5.41, 5.74) is 0.491. The minimum absolute atomic E-state index is 0.0238. The molecule has 0 aliphatic carbocycles. The third-order valence-corrected chi connectivity index (χ3v) is 7.10. The van der Waals surface area contributed by atoms with Gasteiger partial charge in [-0.05, 0) is 51.3 Å². The van der Waals surface area contributed by atoms with Crippen LogP contribution < -0.4 is 5.32 Å². The molecule has 1 aromatic heterocycles. The molecule has 0 spiro atoms. The van der Waals surface area contributed by atoms with Crippen molar-refractivity contribution in [3.63, 3.8) is 0 Å². The highest BCUT2D eigenvalue weighted by Crippen LogP contribution is 2.30. The highest BCUT2D eigenvalue weighted by atomic mass is 35.5. The molecule has 1 aliphatic rings. The fourth-order valence-electron chi connectivity index (χ4n) is 3.93. The van der Waals surface area contributed by atoms with E-state index in [1.807, 2.05) is 6.07 Å². The summed E-state index contributed by atoms with van der Waals surface area (Å²) in [6, 6.07) is 4.91. The van der Waals surface area contributed by atoms with Gasteiger partial charge in [-0.2, -0.15) is 0 Å². The number of fused-ring (bicyclic) bond motifs is 1. The smallest absolute Gasteiger partial charge is 0.408 e. The van der Waals surface area contributed by atoms with Gasteiger partial charge in [0.1, 0.15) is 11.6 Å². The first-order chi connectivity index (χ1) is 17.4. The predicted octanol–water partition coefficient (Wildman–Crippen LogP) is 4.44. The fraction of sp³-hybridized carbons (Fsp3) is 0.480. The van der Waals surface area contributed by atoms with Gasteiger partial charge < -0.3 is 19.7 Å². The van der Waals surface area contributed by atoms with Crippen molar-refractivity contribution in [2.75, 3.05) is 13.2 Å². The number of hydrogen-bond acceptors (Lipinski definition) is 8. The lowest BCUT2D eigenvalue weighted by Crippen LogP contribution is -2.51. The number of alkyl carbamates (subject to hydrolysis) is 1.